The molecular weight excluding hydrogens is 242 g/mol. The summed E-state index contributed by atoms with van der Waals surface area (Å²) in [5, 5.41) is 2.96. The topological polar surface area (TPSA) is 63.2 Å². The highest BCUT2D eigenvalue weighted by Crippen LogP contribution is 2.27. The second-order valence-electron chi connectivity index (χ2n) is 5.50. The first-order chi connectivity index (χ1) is 8.99. The summed E-state index contributed by atoms with van der Waals surface area (Å²) >= 11 is 0. The van der Waals surface area contributed by atoms with Crippen LogP contribution in [0, 0.1) is 5.92 Å². The van der Waals surface area contributed by atoms with E-state index >= 15 is 0 Å². The van der Waals surface area contributed by atoms with Crippen LogP contribution in [0.25, 0.3) is 0 Å². The zero-order valence-electron chi connectivity index (χ0n) is 12.3. The molecule has 0 radical (unpaired) electrons. The van der Waals surface area contributed by atoms with E-state index in [0.29, 0.717) is 29.9 Å². The second kappa shape index (κ2) is 5.59. The van der Waals surface area contributed by atoms with Gasteiger partial charge in [0.05, 0.1) is 6.10 Å². The number of nitrogens with one attached hydrogen (secondary N) is 1. The van der Waals surface area contributed by atoms with Crippen LogP contribution in [-0.4, -0.2) is 40.7 Å². The predicted molar refractivity (Wildman–Crippen MR) is 75.7 cm³/mol. The number of aromatic nitrogens is 3. The Hall–Kier alpha value is -1.59. The third-order valence-corrected chi connectivity index (χ3v) is 3.21. The van der Waals surface area contributed by atoms with Gasteiger partial charge in [0.25, 0.3) is 0 Å². The minimum absolute atomic E-state index is 0.0508. The number of hydrogen-bond acceptors (Lipinski definition) is 6. The Morgan fingerprint density at radius 3 is 2.53 bits per heavy atom. The summed E-state index contributed by atoms with van der Waals surface area (Å²) in [4.78, 5) is 15.3. The third kappa shape index (κ3) is 3.24. The number of rotatable bonds is 4. The summed E-state index contributed by atoms with van der Waals surface area (Å²) in [6, 6.07) is 0.838. The van der Waals surface area contributed by atoms with Crippen molar-refractivity contribution >= 4 is 11.9 Å². The number of hydrogen-bond donors (Lipinski definition) is 1. The maximum Gasteiger partial charge on any atom is 0.323 e. The molecule has 2 unspecified atom stereocenters. The molecule has 0 aromatic carbocycles. The quantitative estimate of drug-likeness (QED) is 0.897. The van der Waals surface area contributed by atoms with Crippen LogP contribution in [0.3, 0.4) is 0 Å². The van der Waals surface area contributed by atoms with Crippen LogP contribution < -0.4 is 15.0 Å². The van der Waals surface area contributed by atoms with E-state index in [1.165, 1.54) is 6.42 Å². The summed E-state index contributed by atoms with van der Waals surface area (Å²) in [5.41, 5.74) is 0. The fraction of sp³-hybridized carbons (Fsp3) is 0.769. The lowest BCUT2D eigenvalue weighted by Crippen LogP contribution is -2.29. The summed E-state index contributed by atoms with van der Waals surface area (Å²) in [7, 11) is 1.80. The predicted octanol–water partition coefficient (Wildman–Crippen LogP) is 1.94. The Kier molecular flexibility index (Phi) is 4.07. The average Bonchev–Trinajstić information content (AvgIpc) is 2.67. The second-order valence-corrected chi connectivity index (χ2v) is 5.50. The molecule has 2 atom stereocenters. The highest BCUT2D eigenvalue weighted by molar-refractivity contribution is 5.40. The average molecular weight is 265 g/mol. The summed E-state index contributed by atoms with van der Waals surface area (Å²) < 4.78 is 5.59. The third-order valence-electron chi connectivity index (χ3n) is 3.21. The molecule has 0 bridgehead atoms. The summed E-state index contributed by atoms with van der Waals surface area (Å²) in [6.07, 6.45) is 1.22. The van der Waals surface area contributed by atoms with Crippen LogP contribution in [-0.2, 0) is 0 Å². The molecule has 1 aromatic rings. The number of anilines is 2. The fourth-order valence-electron chi connectivity index (χ4n) is 2.43. The molecule has 1 fully saturated rings. The monoisotopic (exact) mass is 265 g/mol. The lowest BCUT2D eigenvalue weighted by atomic mass is 10.1. The molecule has 0 saturated carbocycles. The first-order valence-corrected chi connectivity index (χ1v) is 6.86. The Bertz CT molecular complexity index is 437. The van der Waals surface area contributed by atoms with Gasteiger partial charge in [-0.05, 0) is 33.1 Å². The molecular formula is C13H23N5O. The maximum atomic E-state index is 5.59. The van der Waals surface area contributed by atoms with Crippen molar-refractivity contribution in [1.82, 2.24) is 15.0 Å². The Morgan fingerprint density at radius 1 is 1.26 bits per heavy atom. The van der Waals surface area contributed by atoms with Crippen molar-refractivity contribution in [2.75, 3.05) is 23.8 Å². The van der Waals surface area contributed by atoms with Gasteiger partial charge in [-0.15, -0.1) is 0 Å². The van der Waals surface area contributed by atoms with Gasteiger partial charge in [0, 0.05) is 19.6 Å². The first kappa shape index (κ1) is 13.8. The molecule has 1 N–H and O–H groups in total. The molecule has 1 saturated heterocycles. The number of ether oxygens (including phenoxy) is 1. The van der Waals surface area contributed by atoms with E-state index in [9.17, 15) is 0 Å². The normalized spacial score (nSPS) is 22.9. The van der Waals surface area contributed by atoms with Crippen molar-refractivity contribution in [3.8, 4) is 6.01 Å². The molecule has 0 aliphatic carbocycles. The van der Waals surface area contributed by atoms with E-state index in [2.05, 4.69) is 39.0 Å². The smallest absolute Gasteiger partial charge is 0.323 e. The molecule has 1 aliphatic rings. The van der Waals surface area contributed by atoms with Gasteiger partial charge in [-0.25, -0.2) is 0 Å². The molecule has 19 heavy (non-hydrogen) atoms. The van der Waals surface area contributed by atoms with Crippen LogP contribution in [0.4, 0.5) is 11.9 Å². The minimum Gasteiger partial charge on any atom is -0.461 e. The van der Waals surface area contributed by atoms with Crippen LogP contribution in [0.1, 0.15) is 34.1 Å². The van der Waals surface area contributed by atoms with Gasteiger partial charge in [0.1, 0.15) is 0 Å². The van der Waals surface area contributed by atoms with Gasteiger partial charge < -0.3 is 15.0 Å². The minimum atomic E-state index is 0.0508. The Labute approximate surface area is 114 Å². The molecule has 2 rings (SSSR count). The highest BCUT2D eigenvalue weighted by Gasteiger charge is 2.29. The van der Waals surface area contributed by atoms with Crippen LogP contribution in [0.2, 0.25) is 0 Å². The van der Waals surface area contributed by atoms with E-state index in [4.69, 9.17) is 4.74 Å². The van der Waals surface area contributed by atoms with E-state index < -0.39 is 0 Å². The zero-order valence-corrected chi connectivity index (χ0v) is 12.3. The van der Waals surface area contributed by atoms with E-state index in [1.807, 2.05) is 13.8 Å². The summed E-state index contributed by atoms with van der Waals surface area (Å²) in [6.45, 7) is 9.36. The fourth-order valence-corrected chi connectivity index (χ4v) is 2.43. The SMILES string of the molecule is CNc1nc(OC(C)C)nc(N2CC(C)CC2C)n1. The lowest BCUT2D eigenvalue weighted by molar-refractivity contribution is 0.222. The van der Waals surface area contributed by atoms with Gasteiger partial charge in [0.15, 0.2) is 0 Å². The molecule has 2 heterocycles. The van der Waals surface area contributed by atoms with Gasteiger partial charge >= 0.3 is 6.01 Å². The van der Waals surface area contributed by atoms with Crippen molar-refractivity contribution in [1.29, 1.82) is 0 Å². The lowest BCUT2D eigenvalue weighted by Gasteiger charge is -2.22. The number of nitrogens with zero attached hydrogens (tertiary/aromatic N) is 4. The van der Waals surface area contributed by atoms with Gasteiger partial charge in [-0.3, -0.25) is 0 Å². The van der Waals surface area contributed by atoms with Crippen molar-refractivity contribution in [3.05, 3.63) is 0 Å². The largest absolute Gasteiger partial charge is 0.461 e. The van der Waals surface area contributed by atoms with E-state index in [1.54, 1.807) is 7.05 Å². The molecule has 1 aromatic heterocycles. The Balaban J connectivity index is 2.28. The first-order valence-electron chi connectivity index (χ1n) is 6.86. The van der Waals surface area contributed by atoms with Gasteiger partial charge in [-0.2, -0.15) is 15.0 Å². The van der Waals surface area contributed by atoms with Gasteiger partial charge in [0.2, 0.25) is 11.9 Å². The maximum absolute atomic E-state index is 5.59. The van der Waals surface area contributed by atoms with Crippen LogP contribution >= 0.6 is 0 Å². The molecule has 0 amide bonds. The van der Waals surface area contributed by atoms with Crippen LogP contribution in [0.5, 0.6) is 6.01 Å². The molecule has 6 nitrogen and oxygen atoms in total. The van der Waals surface area contributed by atoms with Crippen molar-refractivity contribution in [2.24, 2.45) is 5.92 Å². The molecule has 106 valence electrons. The van der Waals surface area contributed by atoms with E-state index in [0.717, 1.165) is 6.54 Å². The zero-order chi connectivity index (χ0) is 14.0. The standard InChI is InChI=1S/C13H23N5O/c1-8(2)19-13-16-11(14-5)15-12(17-13)18-7-9(3)6-10(18)4/h8-10H,6-7H2,1-5H3,(H,14,15,16,17). The van der Waals surface area contributed by atoms with Crippen molar-refractivity contribution < 1.29 is 4.74 Å². The molecule has 0 spiro atoms. The Morgan fingerprint density at radius 2 is 2.00 bits per heavy atom. The molecule has 6 heteroatoms. The molecule has 1 aliphatic heterocycles. The summed E-state index contributed by atoms with van der Waals surface area (Å²) in [5.74, 6) is 1.92. The van der Waals surface area contributed by atoms with Crippen molar-refractivity contribution in [2.45, 2.75) is 46.3 Å². The van der Waals surface area contributed by atoms with Crippen molar-refractivity contribution in [3.63, 3.8) is 0 Å². The van der Waals surface area contributed by atoms with Gasteiger partial charge in [-0.1, -0.05) is 6.92 Å². The highest BCUT2D eigenvalue weighted by atomic mass is 16.5. The van der Waals surface area contributed by atoms with Crippen LogP contribution in [0.15, 0.2) is 0 Å². The van der Waals surface area contributed by atoms with E-state index in [-0.39, 0.29) is 6.10 Å².